The quantitative estimate of drug-likeness (QED) is 0.113. The number of carbonyl (C=O) groups is 1. The summed E-state index contributed by atoms with van der Waals surface area (Å²) in [7, 11) is 0. The van der Waals surface area contributed by atoms with Gasteiger partial charge in [0.2, 0.25) is 5.95 Å². The molecule has 0 spiro atoms. The lowest BCUT2D eigenvalue weighted by atomic mass is 9.77. The number of rotatable bonds is 8. The molecule has 41 heavy (non-hydrogen) atoms. The highest BCUT2D eigenvalue weighted by molar-refractivity contribution is 5.96. The Kier molecular flexibility index (Phi) is 7.68. The third kappa shape index (κ3) is 5.28. The topological polar surface area (TPSA) is 47.8 Å². The van der Waals surface area contributed by atoms with E-state index in [1.54, 1.807) is 12.2 Å². The SMILES string of the molecule is O=C(C=Cc1cc(F)ncc1-c1cn(C(c2ccccc2)(c2ccccc2)c2ccccc2)cn1)C1CCCCC1. The second-order valence-corrected chi connectivity index (χ2v) is 10.6. The fraction of sp³-hybridized carbons (Fsp3) is 0.194. The minimum Gasteiger partial charge on any atom is -0.318 e. The summed E-state index contributed by atoms with van der Waals surface area (Å²) in [4.78, 5) is 21.7. The van der Waals surface area contributed by atoms with Crippen molar-refractivity contribution < 1.29 is 9.18 Å². The Labute approximate surface area is 240 Å². The van der Waals surface area contributed by atoms with Gasteiger partial charge in [0.15, 0.2) is 5.78 Å². The lowest BCUT2D eigenvalue weighted by molar-refractivity contribution is -0.119. The van der Waals surface area contributed by atoms with E-state index in [0.29, 0.717) is 16.8 Å². The van der Waals surface area contributed by atoms with E-state index < -0.39 is 11.5 Å². The van der Waals surface area contributed by atoms with Gasteiger partial charge < -0.3 is 4.57 Å². The number of ketones is 1. The highest BCUT2D eigenvalue weighted by Crippen LogP contribution is 2.41. The first-order valence-electron chi connectivity index (χ1n) is 14.2. The van der Waals surface area contributed by atoms with Gasteiger partial charge in [-0.25, -0.2) is 9.97 Å². The fourth-order valence-corrected chi connectivity index (χ4v) is 6.12. The van der Waals surface area contributed by atoms with E-state index in [9.17, 15) is 9.18 Å². The van der Waals surface area contributed by atoms with Crippen LogP contribution in [0, 0.1) is 11.9 Å². The van der Waals surface area contributed by atoms with Crippen LogP contribution in [0.5, 0.6) is 0 Å². The molecule has 0 unspecified atom stereocenters. The molecule has 5 heteroatoms. The van der Waals surface area contributed by atoms with E-state index in [1.165, 1.54) is 18.7 Å². The van der Waals surface area contributed by atoms with Crippen molar-refractivity contribution >= 4 is 11.9 Å². The van der Waals surface area contributed by atoms with Crippen LogP contribution in [0.25, 0.3) is 17.3 Å². The van der Waals surface area contributed by atoms with E-state index in [-0.39, 0.29) is 11.7 Å². The van der Waals surface area contributed by atoms with Crippen molar-refractivity contribution in [1.82, 2.24) is 14.5 Å². The van der Waals surface area contributed by atoms with Crippen LogP contribution in [-0.4, -0.2) is 20.3 Å². The second-order valence-electron chi connectivity index (χ2n) is 10.6. The second kappa shape index (κ2) is 11.8. The Bertz CT molecular complexity index is 1540. The highest BCUT2D eigenvalue weighted by atomic mass is 19.1. The van der Waals surface area contributed by atoms with Crippen molar-refractivity contribution in [3.63, 3.8) is 0 Å². The molecule has 6 rings (SSSR count). The van der Waals surface area contributed by atoms with Crippen LogP contribution < -0.4 is 0 Å². The van der Waals surface area contributed by atoms with Gasteiger partial charge in [-0.2, -0.15) is 4.39 Å². The summed E-state index contributed by atoms with van der Waals surface area (Å²) in [5.41, 5.74) is 4.42. The number of imidazole rings is 1. The number of aromatic nitrogens is 3. The summed E-state index contributed by atoms with van der Waals surface area (Å²) in [5, 5.41) is 0. The highest BCUT2D eigenvalue weighted by Gasteiger charge is 2.38. The molecule has 0 saturated heterocycles. The zero-order valence-electron chi connectivity index (χ0n) is 22.9. The number of carbonyl (C=O) groups excluding carboxylic acids is 1. The molecule has 0 bridgehead atoms. The average Bonchev–Trinajstić information content (AvgIpc) is 3.52. The normalized spacial score (nSPS) is 14.4. The lowest BCUT2D eigenvalue weighted by Gasteiger charge is -2.37. The zero-order valence-corrected chi connectivity index (χ0v) is 22.9. The van der Waals surface area contributed by atoms with Gasteiger partial charge >= 0.3 is 0 Å². The van der Waals surface area contributed by atoms with Gasteiger partial charge in [-0.1, -0.05) is 116 Å². The van der Waals surface area contributed by atoms with Crippen LogP contribution in [0.2, 0.25) is 0 Å². The lowest BCUT2D eigenvalue weighted by Crippen LogP contribution is -2.36. The molecule has 0 aliphatic heterocycles. The molecule has 3 aromatic carbocycles. The van der Waals surface area contributed by atoms with Crippen molar-refractivity contribution in [3.05, 3.63) is 150 Å². The fourth-order valence-electron chi connectivity index (χ4n) is 6.12. The predicted molar refractivity (Wildman–Crippen MR) is 161 cm³/mol. The minimum atomic E-state index is -0.713. The Morgan fingerprint density at radius 2 is 1.37 bits per heavy atom. The number of nitrogens with zero attached hydrogens (tertiary/aromatic N) is 3. The van der Waals surface area contributed by atoms with Crippen molar-refractivity contribution in [2.75, 3.05) is 0 Å². The molecule has 0 N–H and O–H groups in total. The molecule has 2 aromatic heterocycles. The minimum absolute atomic E-state index is 0.0533. The molecule has 0 atom stereocenters. The summed E-state index contributed by atoms with van der Waals surface area (Å²) >= 11 is 0. The molecule has 204 valence electrons. The third-order valence-electron chi connectivity index (χ3n) is 8.16. The molecule has 5 aromatic rings. The molecule has 1 aliphatic carbocycles. The van der Waals surface area contributed by atoms with Crippen LogP contribution in [0.3, 0.4) is 0 Å². The Morgan fingerprint density at radius 1 is 0.805 bits per heavy atom. The van der Waals surface area contributed by atoms with Crippen LogP contribution in [-0.2, 0) is 10.3 Å². The molecule has 1 aliphatic rings. The maximum absolute atomic E-state index is 14.3. The van der Waals surface area contributed by atoms with E-state index in [1.807, 2.05) is 67.1 Å². The van der Waals surface area contributed by atoms with Gasteiger partial charge in [-0.15, -0.1) is 0 Å². The van der Waals surface area contributed by atoms with Crippen LogP contribution >= 0.6 is 0 Å². The third-order valence-corrected chi connectivity index (χ3v) is 8.16. The first-order chi connectivity index (χ1) is 20.2. The van der Waals surface area contributed by atoms with Gasteiger partial charge in [0.25, 0.3) is 0 Å². The molecule has 0 amide bonds. The molecule has 4 nitrogen and oxygen atoms in total. The van der Waals surface area contributed by atoms with Gasteiger partial charge in [0.1, 0.15) is 5.54 Å². The van der Waals surface area contributed by atoms with Gasteiger partial charge in [0, 0.05) is 29.9 Å². The molecule has 1 fully saturated rings. The summed E-state index contributed by atoms with van der Waals surface area (Å²) < 4.78 is 16.5. The number of hydrogen-bond donors (Lipinski definition) is 0. The Balaban J connectivity index is 1.48. The molecule has 2 heterocycles. The van der Waals surface area contributed by atoms with Crippen molar-refractivity contribution in [3.8, 4) is 11.3 Å². The maximum Gasteiger partial charge on any atom is 0.213 e. The molecule has 1 saturated carbocycles. The summed E-state index contributed by atoms with van der Waals surface area (Å²) in [6.07, 6.45) is 13.8. The number of hydrogen-bond acceptors (Lipinski definition) is 3. The number of allylic oxidation sites excluding steroid dienone is 1. The van der Waals surface area contributed by atoms with E-state index in [0.717, 1.165) is 42.4 Å². The number of benzene rings is 3. The smallest absolute Gasteiger partial charge is 0.213 e. The maximum atomic E-state index is 14.3. The standard InChI is InChI=1S/C36H32FN3O/c37-35-23-28(21-22-34(41)27-13-5-1-6-14-27)32(24-38-35)33-25-40(26-39-33)36(29-15-7-2-8-16-29,30-17-9-3-10-18-30)31-19-11-4-12-20-31/h2-4,7-12,15-27H,1,5-6,13-14H2. The number of pyridine rings is 1. The van der Waals surface area contributed by atoms with Crippen LogP contribution in [0.4, 0.5) is 4.39 Å². The summed E-state index contributed by atoms with van der Waals surface area (Å²) in [5.74, 6) is -0.433. The molecule has 0 radical (unpaired) electrons. The van der Waals surface area contributed by atoms with Crippen molar-refractivity contribution in [2.45, 2.75) is 37.6 Å². The van der Waals surface area contributed by atoms with Gasteiger partial charge in [-0.05, 0) is 41.2 Å². The van der Waals surface area contributed by atoms with Gasteiger partial charge in [-0.3, -0.25) is 4.79 Å². The molecular weight excluding hydrogens is 509 g/mol. The molecular formula is C36H32FN3O. The van der Waals surface area contributed by atoms with Gasteiger partial charge in [0.05, 0.1) is 12.0 Å². The van der Waals surface area contributed by atoms with E-state index >= 15 is 0 Å². The number of halogens is 1. The Hall–Kier alpha value is -4.64. The first-order valence-corrected chi connectivity index (χ1v) is 14.2. The monoisotopic (exact) mass is 541 g/mol. The summed E-state index contributed by atoms with van der Waals surface area (Å²) in [6, 6.07) is 32.5. The Morgan fingerprint density at radius 3 is 1.93 bits per heavy atom. The van der Waals surface area contributed by atoms with E-state index in [4.69, 9.17) is 4.98 Å². The predicted octanol–water partition coefficient (Wildman–Crippen LogP) is 8.09. The largest absolute Gasteiger partial charge is 0.318 e. The average molecular weight is 542 g/mol. The zero-order chi connectivity index (χ0) is 28.1. The summed E-state index contributed by atoms with van der Waals surface area (Å²) in [6.45, 7) is 0. The van der Waals surface area contributed by atoms with Crippen molar-refractivity contribution in [1.29, 1.82) is 0 Å². The van der Waals surface area contributed by atoms with E-state index in [2.05, 4.69) is 45.9 Å². The van der Waals surface area contributed by atoms with Crippen molar-refractivity contribution in [2.24, 2.45) is 5.92 Å². The first kappa shape index (κ1) is 26.6. The van der Waals surface area contributed by atoms with Crippen LogP contribution in [0.15, 0.2) is 122 Å². The van der Waals surface area contributed by atoms with Crippen LogP contribution in [0.1, 0.15) is 54.4 Å².